The van der Waals surface area contributed by atoms with Crippen LogP contribution >= 0.6 is 7.75 Å². The van der Waals surface area contributed by atoms with Crippen molar-refractivity contribution in [2.45, 2.75) is 69.9 Å². The number of esters is 1. The van der Waals surface area contributed by atoms with Crippen molar-refractivity contribution in [3.63, 3.8) is 0 Å². The van der Waals surface area contributed by atoms with E-state index < -0.39 is 79.9 Å². The lowest BCUT2D eigenvalue weighted by atomic mass is 9.91. The van der Waals surface area contributed by atoms with E-state index in [-0.39, 0.29) is 5.75 Å². The number of nitrogens with two attached hydrogens (primary N) is 2. The molecule has 1 aliphatic heterocycles. The molecule has 39 heavy (non-hydrogen) atoms. The van der Waals surface area contributed by atoms with Gasteiger partial charge in [-0.2, -0.15) is 10.1 Å². The molecule has 2 aromatic rings. The van der Waals surface area contributed by atoms with E-state index in [1.165, 1.54) is 26.0 Å². The number of hydrogen-bond donors (Lipinski definition) is 4. The molecule has 1 aromatic carbocycles. The van der Waals surface area contributed by atoms with Crippen molar-refractivity contribution < 1.29 is 41.8 Å². The average Bonchev–Trinajstić information content (AvgIpc) is 3.12. The molecule has 0 amide bonds. The van der Waals surface area contributed by atoms with E-state index in [2.05, 4.69) is 10.1 Å². The maximum atomic E-state index is 14.2. The fraction of sp³-hybridized carbons (Fsp3) is 0.522. The van der Waals surface area contributed by atoms with Crippen LogP contribution in [0.15, 0.2) is 41.3 Å². The summed E-state index contributed by atoms with van der Waals surface area (Å²) in [7, 11) is -4.43. The minimum absolute atomic E-state index is 0.114. The number of benzene rings is 1. The number of aromatic nitrogens is 2. The molecule has 0 saturated carbocycles. The molecule has 1 aliphatic rings. The number of nitrogens with one attached hydrogen (secondary N) is 1. The third-order valence-electron chi connectivity index (χ3n) is 5.82. The molecule has 0 aliphatic carbocycles. The Labute approximate surface area is 223 Å². The van der Waals surface area contributed by atoms with E-state index in [1.807, 2.05) is 0 Å². The molecule has 0 radical (unpaired) electrons. The van der Waals surface area contributed by atoms with Gasteiger partial charge in [-0.15, -0.1) is 0 Å². The smallest absolute Gasteiger partial charge is 0.459 e. The van der Waals surface area contributed by atoms with Gasteiger partial charge in [-0.25, -0.2) is 18.1 Å². The second kappa shape index (κ2) is 12.1. The number of rotatable bonds is 11. The van der Waals surface area contributed by atoms with Crippen LogP contribution in [-0.4, -0.2) is 63.3 Å². The highest BCUT2D eigenvalue weighted by Crippen LogP contribution is 2.48. The Morgan fingerprint density at radius 2 is 1.95 bits per heavy atom. The monoisotopic (exact) mass is 575 g/mol. The Hall–Kier alpha value is -2.94. The zero-order chi connectivity index (χ0) is 29.1. The van der Waals surface area contributed by atoms with Crippen LogP contribution in [0.4, 0.5) is 14.6 Å². The van der Waals surface area contributed by atoms with Gasteiger partial charge in [0.15, 0.2) is 17.9 Å². The molecule has 2 heterocycles. The molecule has 1 unspecified atom stereocenters. The van der Waals surface area contributed by atoms with Crippen LogP contribution in [0.3, 0.4) is 0 Å². The van der Waals surface area contributed by atoms with E-state index in [0.717, 1.165) is 0 Å². The van der Waals surface area contributed by atoms with Gasteiger partial charge in [-0.1, -0.05) is 18.2 Å². The number of carbonyl (C=O) groups is 1. The largest absolute Gasteiger partial charge is 0.462 e. The summed E-state index contributed by atoms with van der Waals surface area (Å²) in [6.45, 7) is 4.56. The Morgan fingerprint density at radius 1 is 1.31 bits per heavy atom. The second-order valence-corrected chi connectivity index (χ2v) is 11.0. The number of carbonyl (C=O) groups excluding carboxylic acids is 1. The van der Waals surface area contributed by atoms with Crippen LogP contribution in [0.2, 0.25) is 0 Å². The number of alkyl halides is 1. The molecular weight excluding hydrogens is 543 g/mol. The molecule has 1 aromatic heterocycles. The minimum atomic E-state index is -4.43. The summed E-state index contributed by atoms with van der Waals surface area (Å²) in [5, 5.41) is 13.4. The lowest BCUT2D eigenvalue weighted by molar-refractivity contribution is -0.149. The first-order chi connectivity index (χ1) is 18.2. The molecule has 16 heteroatoms. The van der Waals surface area contributed by atoms with Crippen molar-refractivity contribution in [3.8, 4) is 5.75 Å². The van der Waals surface area contributed by atoms with Gasteiger partial charge in [-0.05, 0) is 39.8 Å². The summed E-state index contributed by atoms with van der Waals surface area (Å²) in [4.78, 5) is 28.1. The van der Waals surface area contributed by atoms with E-state index in [9.17, 15) is 28.0 Å². The maximum Gasteiger partial charge on any atom is 0.459 e. The zero-order valence-corrected chi connectivity index (χ0v) is 22.6. The van der Waals surface area contributed by atoms with E-state index >= 15 is 0 Å². The molecule has 6 N–H and O–H groups in total. The first-order valence-electron chi connectivity index (χ1n) is 11.9. The molecule has 1 fully saturated rings. The highest BCUT2D eigenvalue weighted by molar-refractivity contribution is 7.52. The number of nitrogen functional groups attached to an aromatic ring is 1. The predicted octanol–water partition coefficient (Wildman–Crippen LogP) is 1.41. The Kier molecular flexibility index (Phi) is 9.47. The molecular formula is C23H32F2N5O8P. The molecule has 3 rings (SSSR count). The van der Waals surface area contributed by atoms with Crippen molar-refractivity contribution in [2.24, 2.45) is 5.73 Å². The van der Waals surface area contributed by atoms with Gasteiger partial charge < -0.3 is 30.6 Å². The van der Waals surface area contributed by atoms with Crippen LogP contribution in [-0.2, 0) is 23.4 Å². The average molecular weight is 576 g/mol. The van der Waals surface area contributed by atoms with Crippen LogP contribution in [0.1, 0.15) is 33.9 Å². The van der Waals surface area contributed by atoms with Gasteiger partial charge in [-0.3, -0.25) is 13.9 Å². The van der Waals surface area contributed by atoms with Gasteiger partial charge in [0.1, 0.15) is 36.2 Å². The summed E-state index contributed by atoms with van der Waals surface area (Å²) in [5.74, 6) is -2.43. The van der Waals surface area contributed by atoms with Gasteiger partial charge in [0.05, 0.1) is 18.4 Å². The van der Waals surface area contributed by atoms with Gasteiger partial charge in [0, 0.05) is 0 Å². The van der Waals surface area contributed by atoms with Crippen LogP contribution in [0.5, 0.6) is 5.75 Å². The van der Waals surface area contributed by atoms with Crippen LogP contribution < -0.4 is 26.8 Å². The normalized spacial score (nSPS) is 26.1. The molecule has 0 bridgehead atoms. The van der Waals surface area contributed by atoms with Gasteiger partial charge in [0.25, 0.3) is 0 Å². The summed E-state index contributed by atoms with van der Waals surface area (Å²) in [6, 6.07) is 6.71. The predicted molar refractivity (Wildman–Crippen MR) is 135 cm³/mol. The second-order valence-electron chi connectivity index (χ2n) is 9.36. The van der Waals surface area contributed by atoms with E-state index in [4.69, 9.17) is 30.0 Å². The quantitative estimate of drug-likeness (QED) is 0.223. The van der Waals surface area contributed by atoms with E-state index in [0.29, 0.717) is 10.8 Å². The summed E-state index contributed by atoms with van der Waals surface area (Å²) < 4.78 is 64.8. The van der Waals surface area contributed by atoms with E-state index in [1.54, 1.807) is 32.0 Å². The Bertz CT molecular complexity index is 1270. The number of nitrogens with zero attached hydrogens (tertiary/aromatic N) is 2. The third kappa shape index (κ3) is 6.80. The number of halogens is 2. The molecule has 13 nitrogen and oxygen atoms in total. The standard InChI is InChI=1S/C23H32F2N5O8P/c1-12(2)35-20(32)13(3)29-39(34,38-15-8-6-5-7-9-15)37-14(4)17-18(31)23(27,11-24)21(36-17)30-10-16(25)19(26)28-22(30)33/h5-10,12-14,17-18,21,31H,11,27H2,1-4H3,(H,29,34)(H2,26,28,33)/t13-,14+,17+,18?,21+,23+,39-/m0/s1. The lowest BCUT2D eigenvalue weighted by Crippen LogP contribution is -2.58. The van der Waals surface area contributed by atoms with Gasteiger partial charge in [0.2, 0.25) is 0 Å². The zero-order valence-electron chi connectivity index (χ0n) is 21.7. The summed E-state index contributed by atoms with van der Waals surface area (Å²) in [6.07, 6.45) is -6.27. The van der Waals surface area contributed by atoms with Crippen molar-refractivity contribution in [3.05, 3.63) is 52.8 Å². The lowest BCUT2D eigenvalue weighted by Gasteiger charge is -2.31. The Balaban J connectivity index is 1.91. The fourth-order valence-electron chi connectivity index (χ4n) is 3.87. The number of aliphatic hydroxyl groups excluding tert-OH is 1. The first-order valence-corrected chi connectivity index (χ1v) is 13.5. The molecule has 1 saturated heterocycles. The Morgan fingerprint density at radius 3 is 2.54 bits per heavy atom. The third-order valence-corrected chi connectivity index (χ3v) is 7.58. The summed E-state index contributed by atoms with van der Waals surface area (Å²) in [5.41, 5.74) is 8.03. The molecule has 7 atom stereocenters. The van der Waals surface area contributed by atoms with Crippen LogP contribution in [0, 0.1) is 5.82 Å². The maximum absolute atomic E-state index is 14.2. The first kappa shape index (κ1) is 30.6. The van der Waals surface area contributed by atoms with Crippen molar-refractivity contribution in [1.29, 1.82) is 0 Å². The number of para-hydroxylation sites is 1. The topological polar surface area (TPSA) is 190 Å². The minimum Gasteiger partial charge on any atom is -0.462 e. The van der Waals surface area contributed by atoms with Crippen molar-refractivity contribution in [2.75, 3.05) is 12.4 Å². The molecule has 216 valence electrons. The molecule has 0 spiro atoms. The van der Waals surface area contributed by atoms with Crippen molar-refractivity contribution in [1.82, 2.24) is 14.6 Å². The number of aliphatic hydroxyl groups is 1. The highest BCUT2D eigenvalue weighted by Gasteiger charge is 2.58. The number of ether oxygens (including phenoxy) is 2. The highest BCUT2D eigenvalue weighted by atomic mass is 31.2. The number of hydrogen-bond acceptors (Lipinski definition) is 11. The van der Waals surface area contributed by atoms with Gasteiger partial charge >= 0.3 is 19.4 Å². The van der Waals surface area contributed by atoms with Crippen molar-refractivity contribution >= 4 is 19.5 Å². The number of anilines is 1. The SMILES string of the molecule is CC(C)OC(=O)[C@H](C)N[P@@](=O)(Oc1ccccc1)O[C@H](C)[C@H]1O[C@@H](n2cc(F)c(N)nc2=O)[C@@](N)(CF)C1O. The van der Waals surface area contributed by atoms with Crippen LogP contribution in [0.25, 0.3) is 0 Å². The summed E-state index contributed by atoms with van der Waals surface area (Å²) >= 11 is 0. The fourth-order valence-corrected chi connectivity index (χ4v) is 5.56.